The molecule has 1 atom stereocenters. The average molecular weight is 413 g/mol. The maximum Gasteiger partial charge on any atom is 0.256 e. The number of carbonyl (C=O) groups excluding carboxylic acids is 1. The Morgan fingerprint density at radius 2 is 1.97 bits per heavy atom. The van der Waals surface area contributed by atoms with E-state index in [-0.39, 0.29) is 11.9 Å². The molecule has 8 heteroatoms. The Hall–Kier alpha value is -3.78. The molecule has 0 aliphatic carbocycles. The maximum atomic E-state index is 12.5. The fourth-order valence-electron chi connectivity index (χ4n) is 4.16. The molecule has 1 unspecified atom stereocenters. The maximum absolute atomic E-state index is 12.5. The van der Waals surface area contributed by atoms with Crippen molar-refractivity contribution in [1.29, 1.82) is 0 Å². The summed E-state index contributed by atoms with van der Waals surface area (Å²) in [6, 6.07) is 13.0. The van der Waals surface area contributed by atoms with Crippen LogP contribution in [0.1, 0.15) is 35.1 Å². The van der Waals surface area contributed by atoms with E-state index in [4.69, 9.17) is 10.7 Å². The third-order valence-electron chi connectivity index (χ3n) is 5.76. The summed E-state index contributed by atoms with van der Waals surface area (Å²) in [5.74, 6) is 1.71. The largest absolute Gasteiger partial charge is 0.382 e. The number of anilines is 2. The van der Waals surface area contributed by atoms with Crippen LogP contribution in [0.25, 0.3) is 16.8 Å². The summed E-state index contributed by atoms with van der Waals surface area (Å²) >= 11 is 0. The highest BCUT2D eigenvalue weighted by atomic mass is 16.1. The highest BCUT2D eigenvalue weighted by Crippen LogP contribution is 2.35. The molecule has 5 rings (SSSR count). The van der Waals surface area contributed by atoms with Crippen LogP contribution in [-0.4, -0.2) is 43.8 Å². The molecule has 0 bridgehead atoms. The normalized spacial score (nSPS) is 16.6. The van der Waals surface area contributed by atoms with Gasteiger partial charge in [-0.15, -0.1) is 0 Å². The molecule has 4 aromatic rings. The molecule has 1 aromatic carbocycles. The summed E-state index contributed by atoms with van der Waals surface area (Å²) in [4.78, 5) is 28.2. The third kappa shape index (κ3) is 3.51. The van der Waals surface area contributed by atoms with Crippen molar-refractivity contribution in [2.24, 2.45) is 0 Å². The Labute approximate surface area is 179 Å². The van der Waals surface area contributed by atoms with E-state index in [1.807, 2.05) is 28.8 Å². The number of hydrogen-bond acceptors (Lipinski definition) is 6. The zero-order chi connectivity index (χ0) is 21.4. The van der Waals surface area contributed by atoms with Gasteiger partial charge in [0.15, 0.2) is 0 Å². The van der Waals surface area contributed by atoms with Crippen molar-refractivity contribution < 1.29 is 4.79 Å². The number of benzene rings is 1. The lowest BCUT2D eigenvalue weighted by molar-refractivity contribution is 0.102. The SMILES string of the molecule is CN1CCCC1c1nc(-c2ccc(C(=O)Nc3ccccn3)cc2)c2c(N)nccn12. The Balaban J connectivity index is 1.50. The topological polar surface area (TPSA) is 101 Å². The zero-order valence-corrected chi connectivity index (χ0v) is 17.2. The van der Waals surface area contributed by atoms with Gasteiger partial charge in [0.2, 0.25) is 0 Å². The summed E-state index contributed by atoms with van der Waals surface area (Å²) in [6.45, 7) is 1.05. The molecule has 0 spiro atoms. The Morgan fingerprint density at radius 1 is 1.13 bits per heavy atom. The molecule has 156 valence electrons. The summed E-state index contributed by atoms with van der Waals surface area (Å²) in [5, 5.41) is 2.80. The van der Waals surface area contributed by atoms with Crippen molar-refractivity contribution in [2.75, 3.05) is 24.6 Å². The van der Waals surface area contributed by atoms with Gasteiger partial charge in [-0.05, 0) is 50.7 Å². The molecule has 1 amide bonds. The van der Waals surface area contributed by atoms with Crippen molar-refractivity contribution in [3.63, 3.8) is 0 Å². The molecule has 3 aromatic heterocycles. The van der Waals surface area contributed by atoms with E-state index in [9.17, 15) is 4.79 Å². The zero-order valence-electron chi connectivity index (χ0n) is 17.2. The molecular formula is C23H23N7O. The summed E-state index contributed by atoms with van der Waals surface area (Å²) in [7, 11) is 2.12. The number of pyridine rings is 1. The number of nitrogen functional groups attached to an aromatic ring is 1. The van der Waals surface area contributed by atoms with Crippen molar-refractivity contribution in [1.82, 2.24) is 24.3 Å². The first-order chi connectivity index (χ1) is 15.1. The van der Waals surface area contributed by atoms with Gasteiger partial charge in [0, 0.05) is 29.7 Å². The second-order valence-corrected chi connectivity index (χ2v) is 7.73. The van der Waals surface area contributed by atoms with Crippen LogP contribution in [0.2, 0.25) is 0 Å². The number of hydrogen-bond donors (Lipinski definition) is 2. The number of aromatic nitrogens is 4. The predicted octanol–water partition coefficient (Wildman–Crippen LogP) is 3.39. The smallest absolute Gasteiger partial charge is 0.256 e. The molecular weight excluding hydrogens is 390 g/mol. The van der Waals surface area contributed by atoms with Gasteiger partial charge in [0.1, 0.15) is 28.7 Å². The van der Waals surface area contributed by atoms with Gasteiger partial charge >= 0.3 is 0 Å². The van der Waals surface area contributed by atoms with E-state index in [0.29, 0.717) is 17.2 Å². The van der Waals surface area contributed by atoms with E-state index < -0.39 is 0 Å². The van der Waals surface area contributed by atoms with Crippen molar-refractivity contribution in [2.45, 2.75) is 18.9 Å². The fourth-order valence-corrected chi connectivity index (χ4v) is 4.16. The van der Waals surface area contributed by atoms with E-state index in [1.54, 1.807) is 36.7 Å². The van der Waals surface area contributed by atoms with Crippen molar-refractivity contribution >= 4 is 23.1 Å². The summed E-state index contributed by atoms with van der Waals surface area (Å²) in [5.41, 5.74) is 9.25. The van der Waals surface area contributed by atoms with Gasteiger partial charge in [-0.2, -0.15) is 0 Å². The highest BCUT2D eigenvalue weighted by molar-refractivity contribution is 6.04. The molecule has 8 nitrogen and oxygen atoms in total. The molecule has 1 aliphatic rings. The number of likely N-dealkylation sites (tertiary alicyclic amines) is 1. The molecule has 0 saturated carbocycles. The van der Waals surface area contributed by atoms with Crippen LogP contribution in [0.15, 0.2) is 61.1 Å². The third-order valence-corrected chi connectivity index (χ3v) is 5.76. The number of carbonyl (C=O) groups is 1. The summed E-state index contributed by atoms with van der Waals surface area (Å²) < 4.78 is 2.05. The van der Waals surface area contributed by atoms with Gasteiger partial charge < -0.3 is 11.1 Å². The van der Waals surface area contributed by atoms with Crippen LogP contribution in [0.5, 0.6) is 0 Å². The van der Waals surface area contributed by atoms with Crippen LogP contribution >= 0.6 is 0 Å². The second-order valence-electron chi connectivity index (χ2n) is 7.73. The van der Waals surface area contributed by atoms with Crippen molar-refractivity contribution in [3.8, 4) is 11.3 Å². The van der Waals surface area contributed by atoms with Crippen LogP contribution < -0.4 is 11.1 Å². The predicted molar refractivity (Wildman–Crippen MR) is 120 cm³/mol. The molecule has 0 radical (unpaired) electrons. The minimum absolute atomic E-state index is 0.214. The molecule has 3 N–H and O–H groups in total. The lowest BCUT2D eigenvalue weighted by Gasteiger charge is -2.18. The number of amides is 1. The van der Waals surface area contributed by atoms with E-state index in [0.717, 1.165) is 42.0 Å². The number of imidazole rings is 1. The van der Waals surface area contributed by atoms with E-state index in [1.165, 1.54) is 0 Å². The Kier molecular flexibility index (Phi) is 4.83. The van der Waals surface area contributed by atoms with Gasteiger partial charge in [0.25, 0.3) is 5.91 Å². The van der Waals surface area contributed by atoms with Gasteiger partial charge in [-0.1, -0.05) is 18.2 Å². The number of rotatable bonds is 4. The van der Waals surface area contributed by atoms with Gasteiger partial charge in [-0.25, -0.2) is 15.0 Å². The van der Waals surface area contributed by atoms with E-state index >= 15 is 0 Å². The minimum Gasteiger partial charge on any atom is -0.382 e. The summed E-state index contributed by atoms with van der Waals surface area (Å²) in [6.07, 6.45) is 7.46. The molecule has 1 aliphatic heterocycles. The second kappa shape index (κ2) is 7.81. The van der Waals surface area contributed by atoms with Crippen LogP contribution in [-0.2, 0) is 0 Å². The number of nitrogens with one attached hydrogen (secondary N) is 1. The van der Waals surface area contributed by atoms with Crippen molar-refractivity contribution in [3.05, 3.63) is 72.4 Å². The fraction of sp³-hybridized carbons (Fsp3) is 0.217. The lowest BCUT2D eigenvalue weighted by atomic mass is 10.1. The molecule has 31 heavy (non-hydrogen) atoms. The lowest BCUT2D eigenvalue weighted by Crippen LogP contribution is -2.19. The average Bonchev–Trinajstić information content (AvgIpc) is 3.38. The van der Waals surface area contributed by atoms with Crippen LogP contribution in [0.4, 0.5) is 11.6 Å². The molecule has 1 saturated heterocycles. The first kappa shape index (κ1) is 19.2. The Morgan fingerprint density at radius 3 is 2.68 bits per heavy atom. The molecule has 4 heterocycles. The first-order valence-corrected chi connectivity index (χ1v) is 10.3. The van der Waals surface area contributed by atoms with Gasteiger partial charge in [-0.3, -0.25) is 14.1 Å². The monoisotopic (exact) mass is 413 g/mol. The standard InChI is InChI=1S/C23H23N7O/c1-29-13-4-5-17(29)22-28-19(20-21(24)26-12-14-30(20)22)15-7-9-16(10-8-15)23(31)27-18-6-2-3-11-25-18/h2-3,6-12,14,17H,4-5,13H2,1H3,(H2,24,26)(H,25,27,31). The number of nitrogens with zero attached hydrogens (tertiary/aromatic N) is 5. The quantitative estimate of drug-likeness (QED) is 0.532. The van der Waals surface area contributed by atoms with Gasteiger partial charge in [0.05, 0.1) is 6.04 Å². The number of nitrogens with two attached hydrogens (primary N) is 1. The minimum atomic E-state index is -0.214. The molecule has 1 fully saturated rings. The van der Waals surface area contributed by atoms with E-state index in [2.05, 4.69) is 27.2 Å². The Bertz CT molecular complexity index is 1230. The number of fused-ring (bicyclic) bond motifs is 1. The highest BCUT2D eigenvalue weighted by Gasteiger charge is 2.28. The first-order valence-electron chi connectivity index (χ1n) is 10.3. The van der Waals surface area contributed by atoms with Crippen LogP contribution in [0, 0.1) is 0 Å². The van der Waals surface area contributed by atoms with Crippen LogP contribution in [0.3, 0.4) is 0 Å².